The van der Waals surface area contributed by atoms with Gasteiger partial charge in [-0.05, 0) is 78.8 Å². The Hall–Kier alpha value is -6.40. The van der Waals surface area contributed by atoms with Crippen LogP contribution in [0.3, 0.4) is 0 Å². The molecular formula is C45H35ClF8N8O6S2. The molecule has 0 saturated heterocycles. The lowest BCUT2D eigenvalue weighted by Gasteiger charge is -2.24. The number of sulfone groups is 1. The second-order valence-corrected chi connectivity index (χ2v) is 21.8. The van der Waals surface area contributed by atoms with Gasteiger partial charge in [0.1, 0.15) is 41.9 Å². The maximum absolute atomic E-state index is 15.6. The van der Waals surface area contributed by atoms with E-state index in [0.717, 1.165) is 23.0 Å². The van der Waals surface area contributed by atoms with E-state index in [1.165, 1.54) is 48.5 Å². The molecule has 1 amide bonds. The van der Waals surface area contributed by atoms with Crippen molar-refractivity contribution in [3.8, 4) is 16.8 Å². The van der Waals surface area contributed by atoms with Crippen LogP contribution in [0.2, 0.25) is 5.02 Å². The topological polar surface area (TPSA) is 180 Å². The van der Waals surface area contributed by atoms with Gasteiger partial charge in [-0.1, -0.05) is 35.9 Å². The van der Waals surface area contributed by atoms with Crippen LogP contribution in [0.1, 0.15) is 66.0 Å². The summed E-state index contributed by atoms with van der Waals surface area (Å²) < 4.78 is 175. The molecule has 2 N–H and O–H groups in total. The van der Waals surface area contributed by atoms with Crippen LogP contribution in [0.25, 0.3) is 38.6 Å². The molecule has 14 nitrogen and oxygen atoms in total. The van der Waals surface area contributed by atoms with Crippen molar-refractivity contribution in [3.05, 3.63) is 128 Å². The zero-order valence-corrected chi connectivity index (χ0v) is 38.4. The lowest BCUT2D eigenvalue weighted by molar-refractivity contribution is -0.123. The number of amides is 1. The van der Waals surface area contributed by atoms with Gasteiger partial charge in [0.05, 0.1) is 48.7 Å². The third kappa shape index (κ3) is 8.35. The fraction of sp³-hybridized carbons (Fsp3) is 0.311. The molecule has 3 heterocycles. The zero-order valence-electron chi connectivity index (χ0n) is 36.0. The van der Waals surface area contributed by atoms with Crippen molar-refractivity contribution in [1.29, 1.82) is 0 Å². The number of nitrogens with zero attached hydrogens (tertiary/aromatic N) is 6. The highest BCUT2D eigenvalue weighted by Crippen LogP contribution is 2.68. The lowest BCUT2D eigenvalue weighted by atomic mass is 10.0. The average Bonchev–Trinajstić information content (AvgIpc) is 4.20. The monoisotopic (exact) mass is 1030 g/mol. The Morgan fingerprint density at radius 1 is 0.929 bits per heavy atom. The Balaban J connectivity index is 1.21. The van der Waals surface area contributed by atoms with Crippen LogP contribution in [0.5, 0.6) is 0 Å². The van der Waals surface area contributed by atoms with Crippen LogP contribution in [0.4, 0.5) is 40.9 Å². The van der Waals surface area contributed by atoms with E-state index >= 15 is 13.6 Å². The second-order valence-electron chi connectivity index (χ2n) is 17.4. The minimum atomic E-state index is -4.13. The largest absolute Gasteiger partial charge is 0.344 e. The van der Waals surface area contributed by atoms with Gasteiger partial charge in [0.25, 0.3) is 24.3 Å². The molecule has 2 saturated carbocycles. The van der Waals surface area contributed by atoms with Crippen molar-refractivity contribution in [3.63, 3.8) is 0 Å². The van der Waals surface area contributed by atoms with Crippen LogP contribution in [-0.4, -0.2) is 69.8 Å². The smallest absolute Gasteiger partial charge is 0.293 e. The first-order valence-electron chi connectivity index (χ1n) is 21.4. The van der Waals surface area contributed by atoms with Crippen molar-refractivity contribution in [1.82, 2.24) is 34.4 Å². The van der Waals surface area contributed by atoms with Crippen molar-refractivity contribution < 1.29 is 56.8 Å². The molecule has 0 unspecified atom stereocenters. The average molecular weight is 1040 g/mol. The normalized spacial score (nSPS) is 17.9. The fourth-order valence-electron chi connectivity index (χ4n) is 9.36. The van der Waals surface area contributed by atoms with E-state index in [1.54, 1.807) is 6.07 Å². The molecule has 7 aromatic rings. The quantitative estimate of drug-likeness (QED) is 0.0955. The van der Waals surface area contributed by atoms with Crippen LogP contribution >= 0.6 is 11.6 Å². The van der Waals surface area contributed by atoms with Crippen LogP contribution in [0, 0.1) is 17.6 Å². The predicted octanol–water partition coefficient (Wildman–Crippen LogP) is 8.35. The molecule has 0 aliphatic heterocycles. The molecule has 0 spiro atoms. The molecule has 366 valence electrons. The molecule has 4 aromatic carbocycles. The van der Waals surface area contributed by atoms with E-state index in [9.17, 15) is 48.0 Å². The molecule has 3 aliphatic rings. The molecule has 3 aliphatic carbocycles. The highest BCUT2D eigenvalue weighted by Gasteiger charge is 2.67. The Bertz CT molecular complexity index is 3620. The number of carbonyl (C=O) groups excluding carboxylic acids is 1. The highest BCUT2D eigenvalue weighted by molar-refractivity contribution is 7.93. The fourth-order valence-corrected chi connectivity index (χ4v) is 11.9. The number of nitrogens with one attached hydrogen (secondary N) is 2. The number of hydrogen-bond donors (Lipinski definition) is 2. The molecule has 0 radical (unpaired) electrons. The minimum Gasteiger partial charge on any atom is -0.344 e. The summed E-state index contributed by atoms with van der Waals surface area (Å²) in [6, 6.07) is 12.9. The number of sulfonamides is 1. The highest BCUT2D eigenvalue weighted by atomic mass is 35.5. The van der Waals surface area contributed by atoms with Gasteiger partial charge < -0.3 is 5.32 Å². The number of fused-ring (bicyclic) bond motifs is 5. The first-order chi connectivity index (χ1) is 33.0. The molecule has 3 atom stereocenters. The number of alkyl halides is 6. The second kappa shape index (κ2) is 16.9. The summed E-state index contributed by atoms with van der Waals surface area (Å²) in [7, 11) is -7.99. The summed E-state index contributed by atoms with van der Waals surface area (Å²) in [5.74, 6) is -10.2. The predicted molar refractivity (Wildman–Crippen MR) is 239 cm³/mol. The lowest BCUT2D eigenvalue weighted by Crippen LogP contribution is -2.38. The summed E-state index contributed by atoms with van der Waals surface area (Å²) in [4.78, 5) is 34.2. The van der Waals surface area contributed by atoms with Gasteiger partial charge in [-0.2, -0.15) is 19.0 Å². The zero-order chi connectivity index (χ0) is 49.9. The molecule has 0 bridgehead atoms. The van der Waals surface area contributed by atoms with Gasteiger partial charge in [-0.15, -0.1) is 0 Å². The Labute approximate surface area is 396 Å². The van der Waals surface area contributed by atoms with Gasteiger partial charge in [-0.3, -0.25) is 28.2 Å². The summed E-state index contributed by atoms with van der Waals surface area (Å²) in [6.07, 6.45) is -5.55. The third-order valence-electron chi connectivity index (χ3n) is 12.5. The molecule has 70 heavy (non-hydrogen) atoms. The standard InChI is InChI=1S/C45H35ClF8N8O6S2/c1-69(65,66)33-5-3-2-4-25(33)21-6-9-26-30(15-21)56-43(62(44(26)64)32-11-10-29(46)37-39(32)60(18-34(49)50)58-42(37)59-70(67,68)24-7-8-24)31(14-20-12-22(47)16-23(48)13-20)55-35(63)19-61-40-36(38(57-61)41(51)52)27-17-28(27)45(40,53)54/h2-6,9-13,15-16,24,27-28,31,34,41H,7-8,14,17-19H2,1H3,(H,55,63)(H,58,59)/t27-,28+,31-/m0/s1. The summed E-state index contributed by atoms with van der Waals surface area (Å²) in [5, 5.41) is 8.94. The van der Waals surface area contributed by atoms with Gasteiger partial charge >= 0.3 is 0 Å². The van der Waals surface area contributed by atoms with Crippen LogP contribution < -0.4 is 15.6 Å². The van der Waals surface area contributed by atoms with Crippen molar-refractivity contribution in [2.75, 3.05) is 11.0 Å². The number of hydrogen-bond acceptors (Lipinski definition) is 9. The summed E-state index contributed by atoms with van der Waals surface area (Å²) in [5.41, 5.74) is -3.80. The number of rotatable bonds is 15. The number of aromatic nitrogens is 6. The summed E-state index contributed by atoms with van der Waals surface area (Å²) >= 11 is 6.67. The number of halogens is 9. The summed E-state index contributed by atoms with van der Waals surface area (Å²) in [6.45, 7) is -2.30. The van der Waals surface area contributed by atoms with E-state index in [2.05, 4.69) is 20.2 Å². The SMILES string of the molecule is CS(=O)(=O)c1ccccc1-c1ccc2c(=O)n(-c3ccc(Cl)c4c(NS(=O)(=O)C5CC5)nn(CC(F)F)c34)c([C@H](Cc3cc(F)cc(F)c3)NC(=O)Cn3nc(C(F)F)c4c3C(F)(F)[C@@H]3C[C@H]43)nc2c1. The van der Waals surface area contributed by atoms with Crippen molar-refractivity contribution >= 4 is 65.0 Å². The van der Waals surface area contributed by atoms with Crippen molar-refractivity contribution in [2.24, 2.45) is 5.92 Å². The van der Waals surface area contributed by atoms with E-state index in [4.69, 9.17) is 16.6 Å². The molecular weight excluding hydrogens is 1000 g/mol. The minimum absolute atomic E-state index is 0.0708. The number of carbonyl (C=O) groups is 1. The Morgan fingerprint density at radius 2 is 1.64 bits per heavy atom. The number of benzene rings is 4. The molecule has 10 rings (SSSR count). The van der Waals surface area contributed by atoms with Gasteiger partial charge in [0.2, 0.25) is 15.9 Å². The van der Waals surface area contributed by atoms with Gasteiger partial charge in [-0.25, -0.2) is 48.2 Å². The number of anilines is 1. The van der Waals surface area contributed by atoms with E-state index in [1.807, 2.05) is 0 Å². The molecule has 3 aromatic heterocycles. The molecule has 25 heteroatoms. The van der Waals surface area contributed by atoms with Crippen LogP contribution in [-0.2, 0) is 50.1 Å². The third-order valence-corrected chi connectivity index (χ3v) is 15.8. The van der Waals surface area contributed by atoms with E-state index < -0.39 is 127 Å². The first-order valence-corrected chi connectivity index (χ1v) is 25.2. The van der Waals surface area contributed by atoms with Crippen LogP contribution in [0.15, 0.2) is 82.5 Å². The maximum Gasteiger partial charge on any atom is 0.293 e. The Morgan fingerprint density at radius 3 is 2.31 bits per heavy atom. The van der Waals surface area contributed by atoms with Gasteiger partial charge in [0.15, 0.2) is 15.7 Å². The van der Waals surface area contributed by atoms with Crippen molar-refractivity contribution in [2.45, 2.75) is 79.7 Å². The van der Waals surface area contributed by atoms with Gasteiger partial charge in [0, 0.05) is 35.8 Å². The van der Waals surface area contributed by atoms with E-state index in [0.29, 0.717) is 28.3 Å². The Kier molecular flexibility index (Phi) is 11.4. The maximum atomic E-state index is 15.6. The first kappa shape index (κ1) is 47.3. The van der Waals surface area contributed by atoms with E-state index in [-0.39, 0.29) is 66.1 Å². The molecule has 2 fully saturated rings.